The van der Waals surface area contributed by atoms with Gasteiger partial charge in [0, 0.05) is 19.4 Å². The topological polar surface area (TPSA) is 66.1 Å². The van der Waals surface area contributed by atoms with Gasteiger partial charge in [0.05, 0.1) is 12.1 Å². The van der Waals surface area contributed by atoms with Gasteiger partial charge in [-0.25, -0.2) is 4.98 Å². The highest BCUT2D eigenvalue weighted by atomic mass is 32.1. The van der Waals surface area contributed by atoms with Crippen LogP contribution in [0.25, 0.3) is 10.2 Å². The highest BCUT2D eigenvalue weighted by molar-refractivity contribution is 7.17. The van der Waals surface area contributed by atoms with Crippen molar-refractivity contribution in [2.24, 2.45) is 0 Å². The fourth-order valence-corrected chi connectivity index (χ4v) is 4.16. The highest BCUT2D eigenvalue weighted by Crippen LogP contribution is 2.28. The molecule has 2 aromatic carbocycles. The molecule has 0 aliphatic heterocycles. The number of carbonyl (C=O) groups excluding carboxylic acids is 1. The Morgan fingerprint density at radius 1 is 1.03 bits per heavy atom. The van der Waals surface area contributed by atoms with Gasteiger partial charge < -0.3 is 9.88 Å². The first-order chi connectivity index (χ1) is 14.1. The van der Waals surface area contributed by atoms with Crippen LogP contribution in [0.5, 0.6) is 0 Å². The van der Waals surface area contributed by atoms with Gasteiger partial charge in [0.1, 0.15) is 10.5 Å². The number of amides is 1. The summed E-state index contributed by atoms with van der Waals surface area (Å²) in [6.45, 7) is 0.260. The van der Waals surface area contributed by atoms with Crippen molar-refractivity contribution in [2.45, 2.75) is 18.9 Å². The summed E-state index contributed by atoms with van der Waals surface area (Å²) < 4.78 is 0.607. The smallest absolute Gasteiger partial charge is 0.268 e. The molecule has 4 aromatic rings. The molecule has 2 heterocycles. The summed E-state index contributed by atoms with van der Waals surface area (Å²) in [7, 11) is 1.74. The number of rotatable bonds is 6. The Hall–Kier alpha value is -3.25. The molecule has 29 heavy (non-hydrogen) atoms. The zero-order chi connectivity index (χ0) is 20.2. The normalized spacial score (nSPS) is 11.1. The number of fused-ring (bicyclic) bond motifs is 1. The molecule has 4 rings (SSSR count). The summed E-state index contributed by atoms with van der Waals surface area (Å²) in [6.07, 6.45) is 0.343. The SMILES string of the molecule is CN(Cc1nc2ccsc2c(=O)[nH]1)C(=O)CC(c1ccccc1)c1ccccc1. The second-order valence-corrected chi connectivity index (χ2v) is 7.89. The average Bonchev–Trinajstić information content (AvgIpc) is 3.22. The number of nitrogens with one attached hydrogen (secondary N) is 1. The molecule has 0 spiro atoms. The molecule has 5 nitrogen and oxygen atoms in total. The molecule has 6 heteroatoms. The van der Waals surface area contributed by atoms with Crippen molar-refractivity contribution in [3.8, 4) is 0 Å². The zero-order valence-electron chi connectivity index (χ0n) is 16.0. The van der Waals surface area contributed by atoms with Crippen molar-refractivity contribution in [1.82, 2.24) is 14.9 Å². The van der Waals surface area contributed by atoms with Gasteiger partial charge in [0.2, 0.25) is 5.91 Å². The molecule has 0 aliphatic carbocycles. The highest BCUT2D eigenvalue weighted by Gasteiger charge is 2.21. The summed E-state index contributed by atoms with van der Waals surface area (Å²) in [5.74, 6) is 0.460. The van der Waals surface area contributed by atoms with Crippen molar-refractivity contribution in [1.29, 1.82) is 0 Å². The average molecular weight is 404 g/mol. The lowest BCUT2D eigenvalue weighted by atomic mass is 9.88. The van der Waals surface area contributed by atoms with E-state index >= 15 is 0 Å². The standard InChI is InChI=1S/C23H21N3O2S/c1-26(15-20-24-19-12-13-29-22(19)23(28)25-20)21(27)14-18(16-8-4-2-5-9-16)17-10-6-3-7-11-17/h2-13,18H,14-15H2,1H3,(H,24,25,28). The van der Waals surface area contributed by atoms with E-state index in [9.17, 15) is 9.59 Å². The molecule has 0 saturated heterocycles. The predicted octanol–water partition coefficient (Wildman–Crippen LogP) is 4.17. The lowest BCUT2D eigenvalue weighted by molar-refractivity contribution is -0.130. The molecule has 0 aliphatic rings. The Bertz CT molecular complexity index is 1130. The Labute approximate surface area is 172 Å². The van der Waals surface area contributed by atoms with Gasteiger partial charge in [-0.15, -0.1) is 11.3 Å². The molecule has 1 amide bonds. The second-order valence-electron chi connectivity index (χ2n) is 6.98. The molecule has 0 atom stereocenters. The van der Waals surface area contributed by atoms with E-state index < -0.39 is 0 Å². The maximum absolute atomic E-state index is 13.0. The summed E-state index contributed by atoms with van der Waals surface area (Å²) in [6, 6.07) is 21.9. The number of nitrogens with zero attached hydrogens (tertiary/aromatic N) is 2. The number of hydrogen-bond donors (Lipinski definition) is 1. The number of benzene rings is 2. The van der Waals surface area contributed by atoms with Crippen molar-refractivity contribution >= 4 is 27.5 Å². The van der Waals surface area contributed by atoms with Gasteiger partial charge >= 0.3 is 0 Å². The first-order valence-corrected chi connectivity index (χ1v) is 10.3. The monoisotopic (exact) mass is 403 g/mol. The number of carbonyl (C=O) groups is 1. The van der Waals surface area contributed by atoms with Gasteiger partial charge in [0.15, 0.2) is 0 Å². The van der Waals surface area contributed by atoms with Crippen LogP contribution >= 0.6 is 11.3 Å². The number of thiophene rings is 1. The third kappa shape index (κ3) is 4.27. The van der Waals surface area contributed by atoms with Crippen LogP contribution in [0.1, 0.15) is 29.3 Å². The van der Waals surface area contributed by atoms with E-state index in [0.717, 1.165) is 11.1 Å². The van der Waals surface area contributed by atoms with Crippen LogP contribution in [0.3, 0.4) is 0 Å². The minimum Gasteiger partial charge on any atom is -0.338 e. The van der Waals surface area contributed by atoms with E-state index in [1.54, 1.807) is 11.9 Å². The minimum atomic E-state index is -0.160. The van der Waals surface area contributed by atoms with E-state index in [1.165, 1.54) is 11.3 Å². The lowest BCUT2D eigenvalue weighted by Gasteiger charge is -2.22. The molecule has 1 N–H and O–H groups in total. The molecular formula is C23H21N3O2S. The quantitative estimate of drug-likeness (QED) is 0.526. The maximum atomic E-state index is 13.0. The maximum Gasteiger partial charge on any atom is 0.268 e. The summed E-state index contributed by atoms with van der Waals surface area (Å²) in [4.78, 5) is 34.1. The summed E-state index contributed by atoms with van der Waals surface area (Å²) in [5, 5.41) is 1.84. The van der Waals surface area contributed by atoms with Gasteiger partial charge in [-0.2, -0.15) is 0 Å². The Morgan fingerprint density at radius 2 is 1.66 bits per heavy atom. The fourth-order valence-electron chi connectivity index (χ4n) is 3.44. The Kier molecular flexibility index (Phi) is 5.53. The third-order valence-corrected chi connectivity index (χ3v) is 5.86. The Morgan fingerprint density at radius 3 is 2.28 bits per heavy atom. The van der Waals surface area contributed by atoms with Gasteiger partial charge in [-0.3, -0.25) is 9.59 Å². The largest absolute Gasteiger partial charge is 0.338 e. The Balaban J connectivity index is 1.54. The van der Waals surface area contributed by atoms with E-state index in [4.69, 9.17) is 0 Å². The molecule has 0 saturated carbocycles. The van der Waals surface area contributed by atoms with Crippen molar-refractivity contribution in [2.75, 3.05) is 7.05 Å². The second kappa shape index (κ2) is 8.41. The zero-order valence-corrected chi connectivity index (χ0v) is 16.9. The van der Waals surface area contributed by atoms with Crippen LogP contribution in [0.4, 0.5) is 0 Å². The lowest BCUT2D eigenvalue weighted by Crippen LogP contribution is -2.29. The van der Waals surface area contributed by atoms with Gasteiger partial charge in [-0.1, -0.05) is 60.7 Å². The number of hydrogen-bond acceptors (Lipinski definition) is 4. The van der Waals surface area contributed by atoms with E-state index in [1.807, 2.05) is 47.8 Å². The summed E-state index contributed by atoms with van der Waals surface area (Å²) >= 11 is 1.36. The van der Waals surface area contributed by atoms with Crippen LogP contribution in [-0.4, -0.2) is 27.8 Å². The third-order valence-electron chi connectivity index (χ3n) is 4.96. The van der Waals surface area contributed by atoms with Crippen molar-refractivity contribution < 1.29 is 4.79 Å². The van der Waals surface area contributed by atoms with Crippen molar-refractivity contribution in [3.05, 3.63) is 99.4 Å². The van der Waals surface area contributed by atoms with Crippen molar-refractivity contribution in [3.63, 3.8) is 0 Å². The number of aromatic nitrogens is 2. The van der Waals surface area contributed by atoms with Crippen LogP contribution in [0, 0.1) is 0 Å². The first kappa shape index (κ1) is 19.1. The molecule has 0 fully saturated rings. The van der Waals surface area contributed by atoms with E-state index in [-0.39, 0.29) is 23.9 Å². The molecule has 0 radical (unpaired) electrons. The molecular weight excluding hydrogens is 382 g/mol. The molecule has 0 unspecified atom stereocenters. The fraction of sp³-hybridized carbons (Fsp3) is 0.174. The van der Waals surface area contributed by atoms with Crippen LogP contribution in [0.15, 0.2) is 76.9 Å². The van der Waals surface area contributed by atoms with Crippen LogP contribution in [-0.2, 0) is 11.3 Å². The first-order valence-electron chi connectivity index (χ1n) is 9.42. The molecule has 146 valence electrons. The van der Waals surface area contributed by atoms with E-state index in [0.29, 0.717) is 22.5 Å². The number of aromatic amines is 1. The van der Waals surface area contributed by atoms with Crippen LogP contribution in [0.2, 0.25) is 0 Å². The predicted molar refractivity (Wildman–Crippen MR) is 116 cm³/mol. The van der Waals surface area contributed by atoms with E-state index in [2.05, 4.69) is 34.2 Å². The molecule has 0 bridgehead atoms. The van der Waals surface area contributed by atoms with Gasteiger partial charge in [0.25, 0.3) is 5.56 Å². The van der Waals surface area contributed by atoms with Gasteiger partial charge in [-0.05, 0) is 22.6 Å². The number of H-pyrrole nitrogens is 1. The summed E-state index contributed by atoms with van der Waals surface area (Å²) in [5.41, 5.74) is 2.71. The van der Waals surface area contributed by atoms with Crippen LogP contribution < -0.4 is 5.56 Å². The molecule has 2 aromatic heterocycles. The minimum absolute atomic E-state index is 0.00392.